The van der Waals surface area contributed by atoms with Crippen molar-refractivity contribution < 1.29 is 19.4 Å². The highest BCUT2D eigenvalue weighted by Crippen LogP contribution is 2.28. The molecule has 25 heavy (non-hydrogen) atoms. The van der Waals surface area contributed by atoms with Gasteiger partial charge >= 0.3 is 5.69 Å². The van der Waals surface area contributed by atoms with E-state index in [4.69, 9.17) is 4.74 Å². The first-order chi connectivity index (χ1) is 11.9. The molecule has 0 aliphatic carbocycles. The van der Waals surface area contributed by atoms with Crippen LogP contribution in [0.1, 0.15) is 5.56 Å². The van der Waals surface area contributed by atoms with Gasteiger partial charge in [-0.2, -0.15) is 0 Å². The number of benzene rings is 2. The van der Waals surface area contributed by atoms with Crippen molar-refractivity contribution >= 4 is 23.0 Å². The smallest absolute Gasteiger partial charge is 0.300 e. The Balaban J connectivity index is 1.98. The normalized spacial score (nSPS) is 9.96. The molecular formula is C15H14N4O6. The van der Waals surface area contributed by atoms with E-state index < -0.39 is 27.1 Å². The summed E-state index contributed by atoms with van der Waals surface area (Å²) < 4.78 is 5.34. The number of para-hydroxylation sites is 1. The van der Waals surface area contributed by atoms with Gasteiger partial charge < -0.3 is 4.74 Å². The predicted octanol–water partition coefficient (Wildman–Crippen LogP) is 2.33. The number of hydrazine groups is 1. The average Bonchev–Trinajstić information content (AvgIpc) is 2.58. The minimum absolute atomic E-state index is 0.0835. The minimum Gasteiger partial charge on any atom is -0.483 e. The molecule has 0 aliphatic heterocycles. The number of carbonyl (C=O) groups excluding carboxylic acids is 1. The van der Waals surface area contributed by atoms with Crippen LogP contribution in [0.15, 0.2) is 42.5 Å². The Morgan fingerprint density at radius 3 is 2.48 bits per heavy atom. The summed E-state index contributed by atoms with van der Waals surface area (Å²) >= 11 is 0. The lowest BCUT2D eigenvalue weighted by Gasteiger charge is -2.11. The lowest BCUT2D eigenvalue weighted by Crippen LogP contribution is -2.33. The van der Waals surface area contributed by atoms with Crippen molar-refractivity contribution in [1.82, 2.24) is 5.43 Å². The third kappa shape index (κ3) is 4.64. The fourth-order valence-electron chi connectivity index (χ4n) is 1.93. The molecule has 0 radical (unpaired) electrons. The van der Waals surface area contributed by atoms with Crippen LogP contribution in [0.2, 0.25) is 0 Å². The molecule has 0 aliphatic rings. The number of aryl methyl sites for hydroxylation is 1. The highest BCUT2D eigenvalue weighted by atomic mass is 16.6. The molecule has 10 heteroatoms. The topological polar surface area (TPSA) is 137 Å². The molecule has 0 fully saturated rings. The molecule has 0 saturated carbocycles. The van der Waals surface area contributed by atoms with Gasteiger partial charge in [-0.05, 0) is 24.6 Å². The molecule has 2 aromatic carbocycles. The maximum Gasteiger partial charge on any atom is 0.300 e. The molecule has 0 spiro atoms. The number of nitro benzene ring substituents is 2. The number of non-ortho nitro benzene ring substituents is 1. The van der Waals surface area contributed by atoms with Gasteiger partial charge in [0.1, 0.15) is 11.4 Å². The number of anilines is 1. The van der Waals surface area contributed by atoms with Crippen molar-refractivity contribution in [3.8, 4) is 5.75 Å². The standard InChI is InChI=1S/C15H14N4O6/c1-10-4-2-3-5-14(10)25-9-15(20)17-16-12-7-6-11(18(21)22)8-13(12)19(23)24/h2-8,16H,9H2,1H3,(H,17,20). The van der Waals surface area contributed by atoms with Gasteiger partial charge in [0.25, 0.3) is 11.6 Å². The van der Waals surface area contributed by atoms with Crippen LogP contribution in [0.25, 0.3) is 0 Å². The monoisotopic (exact) mass is 346 g/mol. The molecule has 0 atom stereocenters. The number of ether oxygens (including phenoxy) is 1. The second-order valence-corrected chi connectivity index (χ2v) is 4.94. The van der Waals surface area contributed by atoms with Gasteiger partial charge in [-0.1, -0.05) is 18.2 Å². The second-order valence-electron chi connectivity index (χ2n) is 4.94. The van der Waals surface area contributed by atoms with E-state index in [-0.39, 0.29) is 12.3 Å². The van der Waals surface area contributed by atoms with Crippen molar-refractivity contribution in [3.63, 3.8) is 0 Å². The van der Waals surface area contributed by atoms with Crippen LogP contribution >= 0.6 is 0 Å². The zero-order chi connectivity index (χ0) is 18.4. The zero-order valence-electron chi connectivity index (χ0n) is 13.1. The van der Waals surface area contributed by atoms with Gasteiger partial charge in [0.2, 0.25) is 0 Å². The Kier molecular flexibility index (Phi) is 5.46. The van der Waals surface area contributed by atoms with Crippen molar-refractivity contribution in [1.29, 1.82) is 0 Å². The number of nitrogens with one attached hydrogen (secondary N) is 2. The number of hydrogen-bond donors (Lipinski definition) is 2. The highest BCUT2D eigenvalue weighted by molar-refractivity contribution is 5.80. The van der Waals surface area contributed by atoms with Crippen molar-refractivity contribution in [2.75, 3.05) is 12.0 Å². The van der Waals surface area contributed by atoms with Crippen molar-refractivity contribution in [2.24, 2.45) is 0 Å². The summed E-state index contributed by atoms with van der Waals surface area (Å²) in [6.45, 7) is 1.52. The quantitative estimate of drug-likeness (QED) is 0.580. The van der Waals surface area contributed by atoms with E-state index in [9.17, 15) is 25.0 Å². The SMILES string of the molecule is Cc1ccccc1OCC(=O)NNc1ccc([N+](=O)[O-])cc1[N+](=O)[O-]. The number of hydrogen-bond acceptors (Lipinski definition) is 7. The summed E-state index contributed by atoms with van der Waals surface area (Å²) in [5.41, 5.74) is 4.43. The molecule has 0 heterocycles. The first-order valence-corrected chi connectivity index (χ1v) is 7.04. The summed E-state index contributed by atoms with van der Waals surface area (Å²) in [4.78, 5) is 31.9. The van der Waals surface area contributed by atoms with Gasteiger partial charge in [0.05, 0.1) is 15.9 Å². The molecule has 2 aromatic rings. The largest absolute Gasteiger partial charge is 0.483 e. The summed E-state index contributed by atoms with van der Waals surface area (Å²) in [5, 5.41) is 21.7. The lowest BCUT2D eigenvalue weighted by molar-refractivity contribution is -0.393. The Bertz CT molecular complexity index is 823. The number of amides is 1. The van der Waals surface area contributed by atoms with E-state index in [1.165, 1.54) is 0 Å². The summed E-state index contributed by atoms with van der Waals surface area (Å²) in [5.74, 6) is -0.0325. The molecule has 130 valence electrons. The molecule has 0 saturated heterocycles. The zero-order valence-corrected chi connectivity index (χ0v) is 13.1. The first-order valence-electron chi connectivity index (χ1n) is 7.04. The lowest BCUT2D eigenvalue weighted by atomic mass is 10.2. The van der Waals surface area contributed by atoms with E-state index in [2.05, 4.69) is 10.9 Å². The fraction of sp³-hybridized carbons (Fsp3) is 0.133. The van der Waals surface area contributed by atoms with E-state index in [0.29, 0.717) is 5.75 Å². The third-order valence-electron chi connectivity index (χ3n) is 3.18. The first kappa shape index (κ1) is 17.7. The number of nitrogens with zero attached hydrogens (tertiary/aromatic N) is 2. The Labute approximate surface area is 141 Å². The Morgan fingerprint density at radius 1 is 1.12 bits per heavy atom. The van der Waals surface area contributed by atoms with E-state index >= 15 is 0 Å². The van der Waals surface area contributed by atoms with Gasteiger partial charge in [-0.15, -0.1) is 0 Å². The van der Waals surface area contributed by atoms with Gasteiger partial charge in [-0.3, -0.25) is 35.9 Å². The van der Waals surface area contributed by atoms with E-state index in [1.54, 1.807) is 12.1 Å². The van der Waals surface area contributed by atoms with Crippen molar-refractivity contribution in [3.05, 3.63) is 68.3 Å². The minimum atomic E-state index is -0.786. The molecule has 10 nitrogen and oxygen atoms in total. The van der Waals surface area contributed by atoms with Crippen LogP contribution in [0, 0.1) is 27.2 Å². The van der Waals surface area contributed by atoms with Crippen LogP contribution in [0.5, 0.6) is 5.75 Å². The van der Waals surface area contributed by atoms with Crippen molar-refractivity contribution in [2.45, 2.75) is 6.92 Å². The molecule has 2 rings (SSSR count). The maximum atomic E-state index is 11.8. The average molecular weight is 346 g/mol. The van der Waals surface area contributed by atoms with Crippen LogP contribution in [0.4, 0.5) is 17.1 Å². The van der Waals surface area contributed by atoms with Crippen LogP contribution in [0.3, 0.4) is 0 Å². The molecule has 0 aromatic heterocycles. The number of rotatable bonds is 7. The Morgan fingerprint density at radius 2 is 1.84 bits per heavy atom. The van der Waals surface area contributed by atoms with Gasteiger partial charge in [0.15, 0.2) is 6.61 Å². The fourth-order valence-corrected chi connectivity index (χ4v) is 1.93. The van der Waals surface area contributed by atoms with Crippen LogP contribution in [-0.2, 0) is 4.79 Å². The predicted molar refractivity (Wildman–Crippen MR) is 88.2 cm³/mol. The van der Waals surface area contributed by atoms with Crippen LogP contribution in [-0.4, -0.2) is 22.4 Å². The summed E-state index contributed by atoms with van der Waals surface area (Å²) in [7, 11) is 0. The highest BCUT2D eigenvalue weighted by Gasteiger charge is 2.19. The van der Waals surface area contributed by atoms with Gasteiger partial charge in [-0.25, -0.2) is 0 Å². The number of nitro groups is 2. The van der Waals surface area contributed by atoms with E-state index in [1.807, 2.05) is 19.1 Å². The molecule has 0 bridgehead atoms. The Hall–Kier alpha value is -3.69. The molecule has 0 unspecified atom stereocenters. The van der Waals surface area contributed by atoms with Crippen LogP contribution < -0.4 is 15.6 Å². The molecule has 2 N–H and O–H groups in total. The van der Waals surface area contributed by atoms with Gasteiger partial charge in [0, 0.05) is 6.07 Å². The molecule has 1 amide bonds. The summed E-state index contributed by atoms with van der Waals surface area (Å²) in [6, 6.07) is 10.2. The second kappa shape index (κ2) is 7.73. The third-order valence-corrected chi connectivity index (χ3v) is 3.18. The number of carbonyl (C=O) groups is 1. The summed E-state index contributed by atoms with van der Waals surface area (Å²) in [6.07, 6.45) is 0. The maximum absolute atomic E-state index is 11.8. The molecular weight excluding hydrogens is 332 g/mol. The van der Waals surface area contributed by atoms with E-state index in [0.717, 1.165) is 23.8 Å².